The topological polar surface area (TPSA) is 79.6 Å². The summed E-state index contributed by atoms with van der Waals surface area (Å²) in [5, 5.41) is 8.86. The summed E-state index contributed by atoms with van der Waals surface area (Å²) in [6.07, 6.45) is 3.58. The maximum absolute atomic E-state index is 12.2. The molecule has 0 aliphatic heterocycles. The Hall–Kier alpha value is -1.63. The summed E-state index contributed by atoms with van der Waals surface area (Å²) in [4.78, 5) is 35.9. The first-order valence-electron chi connectivity index (χ1n) is 6.31. The molecule has 6 nitrogen and oxygen atoms in total. The van der Waals surface area contributed by atoms with E-state index >= 15 is 0 Å². The van der Waals surface area contributed by atoms with Crippen LogP contribution in [0.1, 0.15) is 12.8 Å². The Labute approximate surface area is 124 Å². The molecule has 0 bridgehead atoms. The zero-order valence-electron chi connectivity index (χ0n) is 10.8. The highest BCUT2D eigenvalue weighted by molar-refractivity contribution is 9.10. The van der Waals surface area contributed by atoms with Gasteiger partial charge in [0.25, 0.3) is 5.56 Å². The molecule has 0 aromatic carbocycles. The van der Waals surface area contributed by atoms with Gasteiger partial charge in [0.2, 0.25) is 5.91 Å². The Kier molecular flexibility index (Phi) is 4.59. The molecule has 1 amide bonds. The molecule has 7 heteroatoms. The molecule has 0 saturated heterocycles. The fourth-order valence-corrected chi connectivity index (χ4v) is 2.28. The zero-order valence-corrected chi connectivity index (χ0v) is 12.4. The summed E-state index contributed by atoms with van der Waals surface area (Å²) in [7, 11) is 0. The number of carbonyl (C=O) groups is 2. The maximum atomic E-state index is 12.2. The van der Waals surface area contributed by atoms with Crippen molar-refractivity contribution >= 4 is 27.8 Å². The number of carboxylic acid groups (broad SMARTS) is 1. The Morgan fingerprint density at radius 1 is 1.40 bits per heavy atom. The molecule has 20 heavy (non-hydrogen) atoms. The van der Waals surface area contributed by atoms with E-state index in [9.17, 15) is 14.4 Å². The molecule has 1 aromatic heterocycles. The van der Waals surface area contributed by atoms with Crippen molar-refractivity contribution in [2.24, 2.45) is 5.92 Å². The number of nitrogens with zero attached hydrogens (tertiary/aromatic N) is 2. The van der Waals surface area contributed by atoms with E-state index in [1.807, 2.05) is 0 Å². The van der Waals surface area contributed by atoms with Crippen LogP contribution in [0.4, 0.5) is 0 Å². The van der Waals surface area contributed by atoms with Gasteiger partial charge < -0.3 is 14.6 Å². The summed E-state index contributed by atoms with van der Waals surface area (Å²) in [6.45, 7) is -0.00968. The van der Waals surface area contributed by atoms with Crippen molar-refractivity contribution in [2.45, 2.75) is 19.4 Å². The average molecular weight is 343 g/mol. The third kappa shape index (κ3) is 4.19. The lowest BCUT2D eigenvalue weighted by Gasteiger charge is -2.21. The van der Waals surface area contributed by atoms with Gasteiger partial charge in [0.15, 0.2) is 0 Å². The van der Waals surface area contributed by atoms with Gasteiger partial charge in [-0.1, -0.05) is 0 Å². The van der Waals surface area contributed by atoms with Crippen LogP contribution in [0.25, 0.3) is 0 Å². The highest BCUT2D eigenvalue weighted by Crippen LogP contribution is 2.29. The van der Waals surface area contributed by atoms with Crippen LogP contribution < -0.4 is 5.56 Å². The van der Waals surface area contributed by atoms with E-state index < -0.39 is 5.97 Å². The zero-order chi connectivity index (χ0) is 14.7. The predicted octanol–water partition coefficient (Wildman–Crippen LogP) is 0.934. The summed E-state index contributed by atoms with van der Waals surface area (Å²) >= 11 is 3.24. The van der Waals surface area contributed by atoms with E-state index in [4.69, 9.17) is 5.11 Å². The van der Waals surface area contributed by atoms with E-state index in [0.717, 1.165) is 12.8 Å². The summed E-state index contributed by atoms with van der Waals surface area (Å²) < 4.78 is 1.96. The van der Waals surface area contributed by atoms with Gasteiger partial charge in [-0.25, -0.2) is 0 Å². The molecule has 1 heterocycles. The Bertz CT molecular complexity index is 580. The van der Waals surface area contributed by atoms with Crippen molar-refractivity contribution < 1.29 is 14.7 Å². The molecule has 0 spiro atoms. The number of amides is 1. The smallest absolute Gasteiger partial charge is 0.323 e. The molecule has 2 rings (SSSR count). The summed E-state index contributed by atoms with van der Waals surface area (Å²) in [5.41, 5.74) is -0.289. The minimum absolute atomic E-state index is 0.141. The van der Waals surface area contributed by atoms with E-state index in [-0.39, 0.29) is 24.6 Å². The second kappa shape index (κ2) is 6.21. The average Bonchev–Trinajstić information content (AvgIpc) is 3.16. The van der Waals surface area contributed by atoms with Gasteiger partial charge in [-0.05, 0) is 40.8 Å². The number of aliphatic carboxylic acids is 1. The van der Waals surface area contributed by atoms with Crippen molar-refractivity contribution in [1.29, 1.82) is 0 Å². The molecule has 0 unspecified atom stereocenters. The molecule has 0 radical (unpaired) electrons. The SMILES string of the molecule is O=C(O)CN(CC1CC1)C(=O)Cn1cc(Br)ccc1=O. The summed E-state index contributed by atoms with van der Waals surface area (Å²) in [6, 6.07) is 2.96. The lowest BCUT2D eigenvalue weighted by Crippen LogP contribution is -2.40. The van der Waals surface area contributed by atoms with Crippen LogP contribution >= 0.6 is 15.9 Å². The highest BCUT2D eigenvalue weighted by atomic mass is 79.9. The fourth-order valence-electron chi connectivity index (χ4n) is 1.90. The van der Waals surface area contributed by atoms with Crippen molar-refractivity contribution in [3.05, 3.63) is 33.2 Å². The highest BCUT2D eigenvalue weighted by Gasteiger charge is 2.28. The Morgan fingerprint density at radius 3 is 2.70 bits per heavy atom. The largest absolute Gasteiger partial charge is 0.480 e. The number of carboxylic acids is 1. The van der Waals surface area contributed by atoms with Gasteiger partial charge in [-0.2, -0.15) is 0 Å². The standard InChI is InChI=1S/C13H15BrN2O4/c14-10-3-4-11(17)16(6-10)7-12(18)15(8-13(19)20)5-9-1-2-9/h3-4,6,9H,1-2,5,7-8H2,(H,19,20). The molecule has 1 fully saturated rings. The van der Waals surface area contributed by atoms with Crippen molar-refractivity contribution in [2.75, 3.05) is 13.1 Å². The number of carbonyl (C=O) groups excluding carboxylic acids is 1. The molecule has 108 valence electrons. The van der Waals surface area contributed by atoms with E-state index in [1.165, 1.54) is 21.7 Å². The van der Waals surface area contributed by atoms with E-state index in [2.05, 4.69) is 15.9 Å². The van der Waals surface area contributed by atoms with Gasteiger partial charge in [0.1, 0.15) is 13.1 Å². The first kappa shape index (κ1) is 14.8. The third-order valence-electron chi connectivity index (χ3n) is 3.11. The van der Waals surface area contributed by atoms with Crippen molar-refractivity contribution in [3.63, 3.8) is 0 Å². The Balaban J connectivity index is 2.08. The van der Waals surface area contributed by atoms with E-state index in [1.54, 1.807) is 6.07 Å². The van der Waals surface area contributed by atoms with Crippen LogP contribution in [-0.2, 0) is 16.1 Å². The molecule has 0 atom stereocenters. The van der Waals surface area contributed by atoms with Crippen LogP contribution in [0.15, 0.2) is 27.6 Å². The van der Waals surface area contributed by atoms with Crippen LogP contribution in [0.2, 0.25) is 0 Å². The van der Waals surface area contributed by atoms with Crippen LogP contribution in [0, 0.1) is 5.92 Å². The second-order valence-corrected chi connectivity index (χ2v) is 5.84. The number of aromatic nitrogens is 1. The van der Waals surface area contributed by atoms with Crippen LogP contribution in [0.3, 0.4) is 0 Å². The quantitative estimate of drug-likeness (QED) is 0.834. The minimum atomic E-state index is -1.04. The molecule has 1 N–H and O–H groups in total. The third-order valence-corrected chi connectivity index (χ3v) is 3.58. The lowest BCUT2D eigenvalue weighted by atomic mass is 10.3. The van der Waals surface area contributed by atoms with Gasteiger partial charge in [0.05, 0.1) is 0 Å². The van der Waals surface area contributed by atoms with Crippen LogP contribution in [0.5, 0.6) is 0 Å². The molecule has 1 aromatic rings. The van der Waals surface area contributed by atoms with E-state index in [0.29, 0.717) is 16.9 Å². The molecule has 1 saturated carbocycles. The summed E-state index contributed by atoms with van der Waals surface area (Å²) in [5.74, 6) is -0.988. The monoisotopic (exact) mass is 342 g/mol. The molecular weight excluding hydrogens is 328 g/mol. The number of pyridine rings is 1. The van der Waals surface area contributed by atoms with Crippen molar-refractivity contribution in [3.8, 4) is 0 Å². The van der Waals surface area contributed by atoms with Crippen LogP contribution in [-0.4, -0.2) is 39.5 Å². The van der Waals surface area contributed by atoms with Gasteiger partial charge in [-0.15, -0.1) is 0 Å². The van der Waals surface area contributed by atoms with Crippen molar-refractivity contribution in [1.82, 2.24) is 9.47 Å². The molecular formula is C13H15BrN2O4. The number of hydrogen-bond donors (Lipinski definition) is 1. The number of rotatable bonds is 6. The van der Waals surface area contributed by atoms with Gasteiger partial charge in [-0.3, -0.25) is 14.4 Å². The van der Waals surface area contributed by atoms with Gasteiger partial charge >= 0.3 is 5.97 Å². The fraction of sp³-hybridized carbons (Fsp3) is 0.462. The lowest BCUT2D eigenvalue weighted by molar-refractivity contribution is -0.144. The minimum Gasteiger partial charge on any atom is -0.480 e. The maximum Gasteiger partial charge on any atom is 0.323 e. The Morgan fingerprint density at radius 2 is 2.10 bits per heavy atom. The second-order valence-electron chi connectivity index (χ2n) is 4.92. The molecule has 1 aliphatic carbocycles. The normalized spacial score (nSPS) is 14.1. The molecule has 1 aliphatic rings. The first-order chi connectivity index (χ1) is 9.45. The number of halogens is 1. The predicted molar refractivity (Wildman–Crippen MR) is 75.3 cm³/mol. The van der Waals surface area contributed by atoms with Gasteiger partial charge in [0, 0.05) is 23.3 Å². The first-order valence-corrected chi connectivity index (χ1v) is 7.10. The number of hydrogen-bond acceptors (Lipinski definition) is 3.